The van der Waals surface area contributed by atoms with E-state index in [-0.39, 0.29) is 18.1 Å². The van der Waals surface area contributed by atoms with Gasteiger partial charge >= 0.3 is 12.5 Å². The van der Waals surface area contributed by atoms with Gasteiger partial charge in [0.25, 0.3) is 0 Å². The molecule has 4 rings (SSSR count). The van der Waals surface area contributed by atoms with Gasteiger partial charge in [-0.25, -0.2) is 9.37 Å². The van der Waals surface area contributed by atoms with Crippen LogP contribution in [0.4, 0.5) is 22.0 Å². The van der Waals surface area contributed by atoms with Crippen LogP contribution >= 0.6 is 0 Å². The van der Waals surface area contributed by atoms with E-state index >= 15 is 0 Å². The van der Waals surface area contributed by atoms with Crippen LogP contribution in [0.1, 0.15) is 17.0 Å². The Morgan fingerprint density at radius 3 is 2.52 bits per heavy atom. The van der Waals surface area contributed by atoms with Gasteiger partial charge in [-0.2, -0.15) is 17.6 Å². The zero-order valence-corrected chi connectivity index (χ0v) is 16.7. The minimum absolute atomic E-state index is 0.256. The SMILES string of the molecule is Cn1c(-c2ccc(F)cc2)nc2c1CN(Cc1ccccc1OC(F)(F)C(F)F)CC2. The first-order valence-electron chi connectivity index (χ1n) is 9.70. The predicted molar refractivity (Wildman–Crippen MR) is 104 cm³/mol. The van der Waals surface area contributed by atoms with E-state index in [1.807, 2.05) is 16.5 Å². The molecule has 0 atom stereocenters. The largest absolute Gasteiger partial charge is 0.461 e. The number of fused-ring (bicyclic) bond motifs is 1. The number of halogens is 5. The van der Waals surface area contributed by atoms with Crippen LogP contribution < -0.4 is 4.74 Å². The molecular formula is C22H20F5N3O. The van der Waals surface area contributed by atoms with Gasteiger partial charge in [0.05, 0.1) is 11.4 Å². The lowest BCUT2D eigenvalue weighted by molar-refractivity contribution is -0.253. The first-order valence-corrected chi connectivity index (χ1v) is 9.70. The van der Waals surface area contributed by atoms with Crippen LogP contribution in [0.25, 0.3) is 11.4 Å². The second-order valence-corrected chi connectivity index (χ2v) is 7.43. The molecule has 1 aliphatic rings. The van der Waals surface area contributed by atoms with Gasteiger partial charge in [-0.1, -0.05) is 18.2 Å². The summed E-state index contributed by atoms with van der Waals surface area (Å²) in [6, 6.07) is 12.0. The summed E-state index contributed by atoms with van der Waals surface area (Å²) in [7, 11) is 1.87. The number of hydrogen-bond donors (Lipinski definition) is 0. The number of rotatable bonds is 6. The minimum Gasteiger partial charge on any atom is -0.428 e. The van der Waals surface area contributed by atoms with Crippen LogP contribution in [0.5, 0.6) is 5.75 Å². The van der Waals surface area contributed by atoms with Crippen molar-refractivity contribution < 1.29 is 26.7 Å². The van der Waals surface area contributed by atoms with E-state index in [1.165, 1.54) is 24.3 Å². The Kier molecular flexibility index (Phi) is 5.70. The summed E-state index contributed by atoms with van der Waals surface area (Å²) in [6.45, 7) is 1.37. The third kappa shape index (κ3) is 4.41. The first kappa shape index (κ1) is 21.3. The van der Waals surface area contributed by atoms with Crippen molar-refractivity contribution in [1.29, 1.82) is 0 Å². The maximum absolute atomic E-state index is 13.4. The fraction of sp³-hybridized carbons (Fsp3) is 0.318. The molecule has 0 spiro atoms. The van der Waals surface area contributed by atoms with E-state index in [1.54, 1.807) is 24.3 Å². The Labute approximate surface area is 175 Å². The Morgan fingerprint density at radius 2 is 1.81 bits per heavy atom. The fourth-order valence-electron chi connectivity index (χ4n) is 3.70. The molecule has 9 heteroatoms. The van der Waals surface area contributed by atoms with Crippen LogP contribution in [0.15, 0.2) is 48.5 Å². The molecule has 0 fully saturated rings. The highest BCUT2D eigenvalue weighted by molar-refractivity contribution is 5.57. The minimum atomic E-state index is -4.56. The van der Waals surface area contributed by atoms with Crippen molar-refractivity contribution in [2.24, 2.45) is 7.05 Å². The molecule has 2 heterocycles. The molecule has 0 unspecified atom stereocenters. The van der Waals surface area contributed by atoms with Gasteiger partial charge in [-0.15, -0.1) is 0 Å². The van der Waals surface area contributed by atoms with E-state index in [0.29, 0.717) is 30.9 Å². The van der Waals surface area contributed by atoms with E-state index in [4.69, 9.17) is 0 Å². The lowest BCUT2D eigenvalue weighted by Crippen LogP contribution is -2.34. The number of para-hydroxylation sites is 1. The summed E-state index contributed by atoms with van der Waals surface area (Å²) in [5.74, 6) is 0.120. The van der Waals surface area contributed by atoms with E-state index in [9.17, 15) is 22.0 Å². The molecule has 1 aromatic heterocycles. The van der Waals surface area contributed by atoms with E-state index < -0.39 is 12.5 Å². The molecule has 0 N–H and O–H groups in total. The number of benzene rings is 2. The third-order valence-electron chi connectivity index (χ3n) is 5.30. The van der Waals surface area contributed by atoms with Crippen molar-refractivity contribution in [3.05, 3.63) is 71.3 Å². The zero-order chi connectivity index (χ0) is 22.2. The van der Waals surface area contributed by atoms with Gasteiger partial charge in [0.15, 0.2) is 0 Å². The molecule has 0 saturated heterocycles. The summed E-state index contributed by atoms with van der Waals surface area (Å²) >= 11 is 0. The molecular weight excluding hydrogens is 417 g/mol. The van der Waals surface area contributed by atoms with Crippen LogP contribution in [0, 0.1) is 5.82 Å². The van der Waals surface area contributed by atoms with Gasteiger partial charge in [0.2, 0.25) is 0 Å². The van der Waals surface area contributed by atoms with Crippen LogP contribution in [0.2, 0.25) is 0 Å². The highest BCUT2D eigenvalue weighted by atomic mass is 19.3. The highest BCUT2D eigenvalue weighted by Gasteiger charge is 2.44. The third-order valence-corrected chi connectivity index (χ3v) is 5.30. The second kappa shape index (κ2) is 8.30. The van der Waals surface area contributed by atoms with Crippen molar-refractivity contribution in [3.63, 3.8) is 0 Å². The summed E-state index contributed by atoms with van der Waals surface area (Å²) in [5.41, 5.74) is 3.07. The van der Waals surface area contributed by atoms with E-state index in [2.05, 4.69) is 9.72 Å². The normalized spacial score (nSPS) is 14.7. The quantitative estimate of drug-likeness (QED) is 0.508. The number of alkyl halides is 4. The average Bonchev–Trinajstić information content (AvgIpc) is 3.06. The maximum atomic E-state index is 13.4. The molecule has 3 aromatic rings. The maximum Gasteiger partial charge on any atom is 0.461 e. The lowest BCUT2D eigenvalue weighted by Gasteiger charge is -2.28. The standard InChI is InChI=1S/C22H20F5N3O/c1-29-18-13-30(11-10-17(18)28-20(29)14-6-8-16(23)9-7-14)12-15-4-2-3-5-19(15)31-22(26,27)21(24)25/h2-9,21H,10-13H2,1H3. The van der Waals surface area contributed by atoms with Crippen molar-refractivity contribution in [1.82, 2.24) is 14.5 Å². The van der Waals surface area contributed by atoms with Crippen molar-refractivity contribution in [2.75, 3.05) is 6.54 Å². The number of aromatic nitrogens is 2. The molecule has 164 valence electrons. The zero-order valence-electron chi connectivity index (χ0n) is 16.7. The summed E-state index contributed by atoms with van der Waals surface area (Å²) in [4.78, 5) is 6.70. The molecule has 4 nitrogen and oxygen atoms in total. The Balaban J connectivity index is 1.54. The number of hydrogen-bond acceptors (Lipinski definition) is 3. The highest BCUT2D eigenvalue weighted by Crippen LogP contribution is 2.32. The first-order chi connectivity index (χ1) is 14.7. The topological polar surface area (TPSA) is 30.3 Å². The molecule has 0 aliphatic carbocycles. The van der Waals surface area contributed by atoms with Gasteiger partial charge < -0.3 is 9.30 Å². The summed E-state index contributed by atoms with van der Waals surface area (Å²) < 4.78 is 71.4. The molecule has 0 radical (unpaired) electrons. The van der Waals surface area contributed by atoms with Crippen LogP contribution in [0.3, 0.4) is 0 Å². The number of nitrogens with zero attached hydrogens (tertiary/aromatic N) is 3. The van der Waals surface area contributed by atoms with Gasteiger partial charge in [-0.05, 0) is 30.3 Å². The number of imidazole rings is 1. The Morgan fingerprint density at radius 1 is 1.10 bits per heavy atom. The molecule has 1 aliphatic heterocycles. The average molecular weight is 437 g/mol. The fourth-order valence-corrected chi connectivity index (χ4v) is 3.70. The Hall–Kier alpha value is -2.94. The lowest BCUT2D eigenvalue weighted by atomic mass is 10.1. The molecule has 0 amide bonds. The predicted octanol–water partition coefficient (Wildman–Crippen LogP) is 5.02. The Bertz CT molecular complexity index is 1070. The monoisotopic (exact) mass is 437 g/mol. The van der Waals surface area contributed by atoms with E-state index in [0.717, 1.165) is 17.0 Å². The smallest absolute Gasteiger partial charge is 0.428 e. The molecule has 0 bridgehead atoms. The number of ether oxygens (including phenoxy) is 1. The van der Waals surface area contributed by atoms with Gasteiger partial charge in [0, 0.05) is 44.2 Å². The molecule has 0 saturated carbocycles. The molecule has 31 heavy (non-hydrogen) atoms. The van der Waals surface area contributed by atoms with Crippen molar-refractivity contribution in [2.45, 2.75) is 32.0 Å². The second-order valence-electron chi connectivity index (χ2n) is 7.43. The summed E-state index contributed by atoms with van der Waals surface area (Å²) in [6.07, 6.45) is -7.84. The summed E-state index contributed by atoms with van der Waals surface area (Å²) in [5, 5.41) is 0. The van der Waals surface area contributed by atoms with Crippen molar-refractivity contribution >= 4 is 0 Å². The van der Waals surface area contributed by atoms with Gasteiger partial charge in [0.1, 0.15) is 17.4 Å². The van der Waals surface area contributed by atoms with Crippen LogP contribution in [-0.2, 0) is 26.6 Å². The molecule has 2 aromatic carbocycles. The van der Waals surface area contributed by atoms with Gasteiger partial charge in [-0.3, -0.25) is 4.90 Å². The van der Waals surface area contributed by atoms with Crippen LogP contribution in [-0.4, -0.2) is 33.5 Å². The van der Waals surface area contributed by atoms with Crippen molar-refractivity contribution in [3.8, 4) is 17.1 Å².